The molecule has 0 heterocycles. The van der Waals surface area contributed by atoms with E-state index in [0.717, 1.165) is 51.4 Å². The zero-order chi connectivity index (χ0) is 41.7. The second-order valence-corrected chi connectivity index (χ2v) is 17.6. The molecule has 0 saturated carbocycles. The topological polar surface area (TPSA) is 95.9 Å². The molecule has 1 amide bonds. The van der Waals surface area contributed by atoms with Crippen LogP contribution in [0.2, 0.25) is 0 Å². The number of allylic oxidation sites excluding steroid dienone is 2. The molecule has 0 fully saturated rings. The van der Waals surface area contributed by atoms with Gasteiger partial charge in [0.15, 0.2) is 0 Å². The molecule has 338 valence electrons. The highest BCUT2D eigenvalue weighted by atomic mass is 16.5. The van der Waals surface area contributed by atoms with Crippen LogP contribution in [0.1, 0.15) is 278 Å². The Bertz CT molecular complexity index is 863. The van der Waals surface area contributed by atoms with Crippen LogP contribution in [0.3, 0.4) is 0 Å². The van der Waals surface area contributed by atoms with Gasteiger partial charge in [-0.25, -0.2) is 0 Å². The number of hydrogen-bond donors (Lipinski definition) is 3. The molecule has 0 aliphatic heterocycles. The number of esters is 1. The van der Waals surface area contributed by atoms with Gasteiger partial charge in [-0.15, -0.1) is 0 Å². The molecule has 0 spiro atoms. The van der Waals surface area contributed by atoms with Gasteiger partial charge in [0.1, 0.15) is 6.10 Å². The summed E-state index contributed by atoms with van der Waals surface area (Å²) in [4.78, 5) is 25.9. The van der Waals surface area contributed by atoms with E-state index in [9.17, 15) is 19.8 Å². The van der Waals surface area contributed by atoms with Crippen LogP contribution in [0.25, 0.3) is 0 Å². The number of amides is 1. The lowest BCUT2D eigenvalue weighted by molar-refractivity contribution is -0.151. The molecule has 6 heteroatoms. The van der Waals surface area contributed by atoms with E-state index in [1.54, 1.807) is 0 Å². The Kier molecular flexibility index (Phi) is 44.6. The highest BCUT2D eigenvalue weighted by Gasteiger charge is 2.24. The standard InChI is InChI=1S/C51H99NO5/c1-4-7-10-13-16-18-20-22-24-25-26-27-29-31-34-37-40-43-49(54)48(46-53)52-50(55)45-47(42-39-36-33-15-12-9-6-3)57-51(56)44-41-38-35-32-30-28-23-21-19-17-14-11-8-5-2/h28,30,47-49,53-54H,4-27,29,31-46H2,1-3H3,(H,52,55)/b30-28-. The number of unbranched alkanes of at least 4 members (excludes halogenated alkanes) is 32. The first-order valence-electron chi connectivity index (χ1n) is 25.4. The van der Waals surface area contributed by atoms with Crippen LogP contribution in [0.5, 0.6) is 0 Å². The van der Waals surface area contributed by atoms with Crippen molar-refractivity contribution in [3.8, 4) is 0 Å². The normalized spacial score (nSPS) is 13.3. The van der Waals surface area contributed by atoms with Gasteiger partial charge in [-0.05, 0) is 51.4 Å². The smallest absolute Gasteiger partial charge is 0.306 e. The van der Waals surface area contributed by atoms with Gasteiger partial charge in [-0.3, -0.25) is 9.59 Å². The second-order valence-electron chi connectivity index (χ2n) is 17.6. The van der Waals surface area contributed by atoms with Crippen molar-refractivity contribution in [2.45, 2.75) is 296 Å². The van der Waals surface area contributed by atoms with E-state index in [1.165, 1.54) is 180 Å². The number of rotatable bonds is 46. The van der Waals surface area contributed by atoms with E-state index in [0.29, 0.717) is 19.3 Å². The number of ether oxygens (including phenoxy) is 1. The molecule has 3 N–H and O–H groups in total. The molecule has 3 unspecified atom stereocenters. The third kappa shape index (κ3) is 41.1. The third-order valence-electron chi connectivity index (χ3n) is 11.8. The van der Waals surface area contributed by atoms with Gasteiger partial charge < -0.3 is 20.3 Å². The zero-order valence-electron chi connectivity index (χ0n) is 38.5. The van der Waals surface area contributed by atoms with Crippen molar-refractivity contribution in [2.24, 2.45) is 0 Å². The Hall–Kier alpha value is -1.40. The summed E-state index contributed by atoms with van der Waals surface area (Å²) in [5.74, 6) is -0.484. The minimum atomic E-state index is -0.783. The molecule has 0 aromatic rings. The maximum absolute atomic E-state index is 13.1. The summed E-state index contributed by atoms with van der Waals surface area (Å²) in [5.41, 5.74) is 0. The van der Waals surface area contributed by atoms with Crippen molar-refractivity contribution < 1.29 is 24.5 Å². The number of nitrogens with one attached hydrogen (secondary N) is 1. The molecule has 0 saturated heterocycles. The molecule has 0 aromatic carbocycles. The van der Waals surface area contributed by atoms with Gasteiger partial charge in [-0.2, -0.15) is 0 Å². The van der Waals surface area contributed by atoms with Crippen molar-refractivity contribution >= 4 is 11.9 Å². The lowest BCUT2D eigenvalue weighted by Gasteiger charge is -2.24. The fraction of sp³-hybridized carbons (Fsp3) is 0.922. The third-order valence-corrected chi connectivity index (χ3v) is 11.8. The van der Waals surface area contributed by atoms with Crippen LogP contribution >= 0.6 is 0 Å². The summed E-state index contributed by atoms with van der Waals surface area (Å²) in [7, 11) is 0. The molecule has 3 atom stereocenters. The summed E-state index contributed by atoms with van der Waals surface area (Å²) >= 11 is 0. The van der Waals surface area contributed by atoms with Crippen LogP contribution in [-0.4, -0.2) is 46.9 Å². The molecule has 0 aromatic heterocycles. The summed E-state index contributed by atoms with van der Waals surface area (Å²) < 4.78 is 5.88. The predicted molar refractivity (Wildman–Crippen MR) is 246 cm³/mol. The number of aliphatic hydroxyl groups is 2. The average Bonchev–Trinajstić information content (AvgIpc) is 3.20. The summed E-state index contributed by atoms with van der Waals surface area (Å²) in [6, 6.07) is -0.696. The van der Waals surface area contributed by atoms with E-state index in [4.69, 9.17) is 4.74 Å². The SMILES string of the molecule is CCCCCCCCC/C=C\CCCCCC(=O)OC(CCCCCCCCC)CC(=O)NC(CO)C(O)CCCCCCCCCCCCCCCCCCC. The van der Waals surface area contributed by atoms with Crippen LogP contribution in [0.15, 0.2) is 12.2 Å². The van der Waals surface area contributed by atoms with Gasteiger partial charge in [0.05, 0.1) is 25.2 Å². The van der Waals surface area contributed by atoms with Crippen LogP contribution in [0, 0.1) is 0 Å². The quantitative estimate of drug-likeness (QED) is 0.0323. The van der Waals surface area contributed by atoms with E-state index < -0.39 is 18.2 Å². The Labute approximate surface area is 355 Å². The number of aliphatic hydroxyl groups excluding tert-OH is 2. The van der Waals surface area contributed by atoms with Crippen molar-refractivity contribution in [1.82, 2.24) is 5.32 Å². The van der Waals surface area contributed by atoms with Gasteiger partial charge in [0.2, 0.25) is 5.91 Å². The fourth-order valence-electron chi connectivity index (χ4n) is 7.96. The largest absolute Gasteiger partial charge is 0.462 e. The first-order chi connectivity index (χ1) is 28.0. The lowest BCUT2D eigenvalue weighted by Crippen LogP contribution is -2.46. The Morgan fingerprint density at radius 3 is 1.25 bits per heavy atom. The molecule has 6 nitrogen and oxygen atoms in total. The average molecular weight is 806 g/mol. The second kappa shape index (κ2) is 45.7. The maximum Gasteiger partial charge on any atom is 0.306 e. The fourth-order valence-corrected chi connectivity index (χ4v) is 7.96. The predicted octanol–water partition coefficient (Wildman–Crippen LogP) is 15.0. The number of hydrogen-bond acceptors (Lipinski definition) is 5. The molecule has 0 rings (SSSR count). The van der Waals surface area contributed by atoms with Crippen molar-refractivity contribution in [3.63, 3.8) is 0 Å². The van der Waals surface area contributed by atoms with E-state index in [2.05, 4.69) is 38.2 Å². The molecule has 0 radical (unpaired) electrons. The first kappa shape index (κ1) is 55.6. The highest BCUT2D eigenvalue weighted by molar-refractivity contribution is 5.77. The van der Waals surface area contributed by atoms with Crippen molar-refractivity contribution in [2.75, 3.05) is 6.61 Å². The van der Waals surface area contributed by atoms with Crippen LogP contribution in [0.4, 0.5) is 0 Å². The monoisotopic (exact) mass is 806 g/mol. The molecule has 0 aliphatic carbocycles. The maximum atomic E-state index is 13.1. The minimum absolute atomic E-state index is 0.0768. The molecular formula is C51H99NO5. The van der Waals surface area contributed by atoms with Crippen LogP contribution < -0.4 is 5.32 Å². The molecular weight excluding hydrogens is 707 g/mol. The molecule has 0 aliphatic rings. The van der Waals surface area contributed by atoms with E-state index >= 15 is 0 Å². The summed E-state index contributed by atoms with van der Waals surface area (Å²) in [6.45, 7) is 6.46. The molecule has 0 bridgehead atoms. The first-order valence-corrected chi connectivity index (χ1v) is 25.4. The minimum Gasteiger partial charge on any atom is -0.462 e. The zero-order valence-corrected chi connectivity index (χ0v) is 38.5. The van der Waals surface area contributed by atoms with Crippen molar-refractivity contribution in [3.05, 3.63) is 12.2 Å². The summed E-state index contributed by atoms with van der Waals surface area (Å²) in [6.07, 6.45) is 50.0. The van der Waals surface area contributed by atoms with Gasteiger partial charge in [0, 0.05) is 6.42 Å². The number of carbonyl (C=O) groups excluding carboxylic acids is 2. The van der Waals surface area contributed by atoms with E-state index in [-0.39, 0.29) is 24.9 Å². The Balaban J connectivity index is 4.33. The van der Waals surface area contributed by atoms with Gasteiger partial charge >= 0.3 is 5.97 Å². The lowest BCUT2D eigenvalue weighted by atomic mass is 10.0. The highest BCUT2D eigenvalue weighted by Crippen LogP contribution is 2.18. The van der Waals surface area contributed by atoms with E-state index in [1.807, 2.05) is 0 Å². The number of carbonyl (C=O) groups is 2. The van der Waals surface area contributed by atoms with Gasteiger partial charge in [-0.1, -0.05) is 226 Å². The van der Waals surface area contributed by atoms with Crippen LogP contribution in [-0.2, 0) is 14.3 Å². The summed E-state index contributed by atoms with van der Waals surface area (Å²) in [5, 5.41) is 23.7. The molecule has 57 heavy (non-hydrogen) atoms. The Morgan fingerprint density at radius 2 is 0.842 bits per heavy atom. The van der Waals surface area contributed by atoms with Crippen molar-refractivity contribution in [1.29, 1.82) is 0 Å². The Morgan fingerprint density at radius 1 is 0.491 bits per heavy atom. The van der Waals surface area contributed by atoms with Gasteiger partial charge in [0.25, 0.3) is 0 Å².